The van der Waals surface area contributed by atoms with Crippen LogP contribution in [0.15, 0.2) is 5.16 Å². The first kappa shape index (κ1) is 15.6. The Morgan fingerprint density at radius 1 is 1.50 bits per heavy atom. The van der Waals surface area contributed by atoms with E-state index in [2.05, 4.69) is 12.1 Å². The highest BCUT2D eigenvalue weighted by molar-refractivity contribution is 7.99. The summed E-state index contributed by atoms with van der Waals surface area (Å²) in [6.45, 7) is 7.10. The molecule has 1 saturated heterocycles. The fourth-order valence-electron chi connectivity index (χ4n) is 2.10. The Bertz CT molecular complexity index is 282. The van der Waals surface area contributed by atoms with Gasteiger partial charge in [0.05, 0.1) is 6.10 Å². The quantitative estimate of drug-likeness (QED) is 0.246. The highest BCUT2D eigenvalue weighted by Gasteiger charge is 2.25. The second-order valence-corrected chi connectivity index (χ2v) is 6.95. The lowest BCUT2D eigenvalue weighted by Crippen LogP contribution is -2.31. The number of nitrogens with zero attached hydrogens (tertiary/aromatic N) is 1. The lowest BCUT2D eigenvalue weighted by atomic mass is 9.86. The maximum Gasteiger partial charge on any atom is 0.144 e. The van der Waals surface area contributed by atoms with Crippen molar-refractivity contribution < 1.29 is 9.94 Å². The number of ether oxygens (including phenoxy) is 1. The number of hydrogen-bond donors (Lipinski definition) is 2. The van der Waals surface area contributed by atoms with Gasteiger partial charge in [0, 0.05) is 17.3 Å². The van der Waals surface area contributed by atoms with Gasteiger partial charge in [0.15, 0.2) is 0 Å². The Balaban J connectivity index is 2.11. The molecule has 4 nitrogen and oxygen atoms in total. The third-order valence-electron chi connectivity index (χ3n) is 3.64. The summed E-state index contributed by atoms with van der Waals surface area (Å²) in [5.41, 5.74) is 5.46. The highest BCUT2D eigenvalue weighted by Crippen LogP contribution is 2.28. The molecule has 0 aromatic heterocycles. The molecule has 5 heteroatoms. The van der Waals surface area contributed by atoms with Gasteiger partial charge < -0.3 is 15.7 Å². The predicted octanol–water partition coefficient (Wildman–Crippen LogP) is 2.84. The smallest absolute Gasteiger partial charge is 0.144 e. The Labute approximate surface area is 114 Å². The van der Waals surface area contributed by atoms with Crippen LogP contribution in [0.1, 0.15) is 46.5 Å². The molecule has 0 spiro atoms. The molecule has 106 valence electrons. The van der Waals surface area contributed by atoms with Crippen molar-refractivity contribution in [3.8, 4) is 0 Å². The van der Waals surface area contributed by atoms with E-state index in [1.54, 1.807) is 0 Å². The van der Waals surface area contributed by atoms with Crippen molar-refractivity contribution in [2.75, 3.05) is 12.4 Å². The Hall–Kier alpha value is -0.420. The van der Waals surface area contributed by atoms with E-state index in [0.717, 1.165) is 19.4 Å². The third-order valence-corrected chi connectivity index (χ3v) is 5.21. The van der Waals surface area contributed by atoms with Crippen LogP contribution in [0.2, 0.25) is 0 Å². The summed E-state index contributed by atoms with van der Waals surface area (Å²) >= 11 is 2.02. The maximum absolute atomic E-state index is 8.69. The lowest BCUT2D eigenvalue weighted by molar-refractivity contribution is 0.127. The van der Waals surface area contributed by atoms with Gasteiger partial charge in [-0.25, -0.2) is 0 Å². The van der Waals surface area contributed by atoms with E-state index >= 15 is 0 Å². The predicted molar refractivity (Wildman–Crippen MR) is 77.3 cm³/mol. The molecule has 0 saturated carbocycles. The number of hydrogen-bond acceptors (Lipinski definition) is 4. The summed E-state index contributed by atoms with van der Waals surface area (Å²) < 4.78 is 5.54. The van der Waals surface area contributed by atoms with E-state index in [4.69, 9.17) is 15.7 Å². The van der Waals surface area contributed by atoms with Gasteiger partial charge in [-0.1, -0.05) is 25.4 Å². The molecule has 0 aromatic carbocycles. The largest absolute Gasteiger partial charge is 0.409 e. The Kier molecular flexibility index (Phi) is 6.29. The number of oxime groups is 1. The second-order valence-electron chi connectivity index (χ2n) is 5.60. The molecule has 0 bridgehead atoms. The summed E-state index contributed by atoms with van der Waals surface area (Å²) in [5, 5.41) is 12.5. The molecular formula is C13H26N2O2S. The molecule has 1 rings (SSSR count). The fourth-order valence-corrected chi connectivity index (χ4v) is 3.38. The summed E-state index contributed by atoms with van der Waals surface area (Å²) in [5.74, 6) is 1.50. The second kappa shape index (κ2) is 7.24. The molecule has 0 radical (unpaired) electrons. The normalized spacial score (nSPS) is 25.6. The van der Waals surface area contributed by atoms with Crippen LogP contribution in [0.5, 0.6) is 0 Å². The van der Waals surface area contributed by atoms with Gasteiger partial charge in [-0.2, -0.15) is 11.8 Å². The minimum atomic E-state index is -0.205. The molecule has 18 heavy (non-hydrogen) atoms. The zero-order valence-corrected chi connectivity index (χ0v) is 12.5. The minimum absolute atomic E-state index is 0.205. The van der Waals surface area contributed by atoms with E-state index in [1.807, 2.05) is 25.6 Å². The highest BCUT2D eigenvalue weighted by atomic mass is 32.2. The first-order valence-electron chi connectivity index (χ1n) is 6.68. The molecule has 0 amide bonds. The average molecular weight is 274 g/mol. The molecular weight excluding hydrogens is 248 g/mol. The monoisotopic (exact) mass is 274 g/mol. The van der Waals surface area contributed by atoms with E-state index in [1.165, 1.54) is 18.6 Å². The van der Waals surface area contributed by atoms with Crippen molar-refractivity contribution in [3.05, 3.63) is 0 Å². The number of amidine groups is 1. The van der Waals surface area contributed by atoms with Crippen LogP contribution in [0.3, 0.4) is 0 Å². The van der Waals surface area contributed by atoms with Crippen LogP contribution in [0.25, 0.3) is 0 Å². The van der Waals surface area contributed by atoms with Gasteiger partial charge in [-0.3, -0.25) is 0 Å². The standard InChI is InChI=1S/C13H26N2O2S/c1-10-11(6-8-17-10)18-9-5-4-7-13(2,3)12(14)15-16/h10-11,16H,4-9H2,1-3H3,(H2,14,15). The molecule has 2 atom stereocenters. The average Bonchev–Trinajstić information content (AvgIpc) is 2.73. The van der Waals surface area contributed by atoms with Gasteiger partial charge in [0.2, 0.25) is 0 Å². The van der Waals surface area contributed by atoms with Crippen LogP contribution in [0, 0.1) is 5.41 Å². The summed E-state index contributed by atoms with van der Waals surface area (Å²) in [6.07, 6.45) is 4.83. The van der Waals surface area contributed by atoms with Crippen LogP contribution >= 0.6 is 11.8 Å². The molecule has 1 aliphatic heterocycles. The van der Waals surface area contributed by atoms with E-state index in [-0.39, 0.29) is 5.41 Å². The first-order valence-corrected chi connectivity index (χ1v) is 7.73. The van der Waals surface area contributed by atoms with Crippen molar-refractivity contribution in [2.45, 2.75) is 57.8 Å². The lowest BCUT2D eigenvalue weighted by Gasteiger charge is -2.22. The van der Waals surface area contributed by atoms with Gasteiger partial charge in [-0.05, 0) is 31.9 Å². The third kappa shape index (κ3) is 4.69. The molecule has 1 fully saturated rings. The van der Waals surface area contributed by atoms with E-state index in [0.29, 0.717) is 17.2 Å². The van der Waals surface area contributed by atoms with Crippen molar-refractivity contribution in [3.63, 3.8) is 0 Å². The Morgan fingerprint density at radius 2 is 2.22 bits per heavy atom. The summed E-state index contributed by atoms with van der Waals surface area (Å²) in [6, 6.07) is 0. The topological polar surface area (TPSA) is 67.8 Å². The number of thioether (sulfide) groups is 1. The molecule has 1 heterocycles. The van der Waals surface area contributed by atoms with Gasteiger partial charge in [0.25, 0.3) is 0 Å². The van der Waals surface area contributed by atoms with Gasteiger partial charge in [0.1, 0.15) is 5.84 Å². The number of unbranched alkanes of at least 4 members (excludes halogenated alkanes) is 1. The molecule has 2 unspecified atom stereocenters. The molecule has 3 N–H and O–H groups in total. The van der Waals surface area contributed by atoms with Crippen LogP contribution in [0.4, 0.5) is 0 Å². The minimum Gasteiger partial charge on any atom is -0.409 e. The van der Waals surface area contributed by atoms with Crippen molar-refractivity contribution >= 4 is 17.6 Å². The first-order chi connectivity index (χ1) is 8.47. The van der Waals surface area contributed by atoms with Crippen LogP contribution < -0.4 is 5.73 Å². The Morgan fingerprint density at radius 3 is 2.78 bits per heavy atom. The van der Waals surface area contributed by atoms with E-state index < -0.39 is 0 Å². The SMILES string of the molecule is CC1OCCC1SCCCCC(C)(C)C(N)=NO. The number of nitrogens with two attached hydrogens (primary N) is 1. The molecule has 0 aromatic rings. The fraction of sp³-hybridized carbons (Fsp3) is 0.923. The maximum atomic E-state index is 8.69. The zero-order chi connectivity index (χ0) is 13.6. The molecule has 1 aliphatic rings. The van der Waals surface area contributed by atoms with Crippen molar-refractivity contribution in [1.82, 2.24) is 0 Å². The van der Waals surface area contributed by atoms with Gasteiger partial charge in [-0.15, -0.1) is 0 Å². The van der Waals surface area contributed by atoms with E-state index in [9.17, 15) is 0 Å². The molecule has 0 aliphatic carbocycles. The summed E-state index contributed by atoms with van der Waals surface area (Å²) in [4.78, 5) is 0. The van der Waals surface area contributed by atoms with Crippen LogP contribution in [-0.4, -0.2) is 34.8 Å². The summed E-state index contributed by atoms with van der Waals surface area (Å²) in [7, 11) is 0. The van der Waals surface area contributed by atoms with Crippen molar-refractivity contribution in [2.24, 2.45) is 16.3 Å². The van der Waals surface area contributed by atoms with Crippen LogP contribution in [-0.2, 0) is 4.74 Å². The number of rotatable bonds is 7. The van der Waals surface area contributed by atoms with Gasteiger partial charge >= 0.3 is 0 Å². The zero-order valence-electron chi connectivity index (χ0n) is 11.7. The van der Waals surface area contributed by atoms with Crippen molar-refractivity contribution in [1.29, 1.82) is 0 Å².